The molecule has 2 aromatic rings. The van der Waals surface area contributed by atoms with Gasteiger partial charge in [-0.2, -0.15) is 0 Å². The second-order valence-electron chi connectivity index (χ2n) is 4.44. The highest BCUT2D eigenvalue weighted by atomic mass is 79.9. The highest BCUT2D eigenvalue weighted by molar-refractivity contribution is 9.10. The summed E-state index contributed by atoms with van der Waals surface area (Å²) in [5, 5.41) is 2.97. The summed E-state index contributed by atoms with van der Waals surface area (Å²) in [4.78, 5) is 16.1. The highest BCUT2D eigenvalue weighted by Crippen LogP contribution is 2.18. The van der Waals surface area contributed by atoms with Gasteiger partial charge in [-0.05, 0) is 49.2 Å². The summed E-state index contributed by atoms with van der Waals surface area (Å²) in [6.45, 7) is 3.95. The van der Waals surface area contributed by atoms with Crippen molar-refractivity contribution in [1.82, 2.24) is 10.3 Å². The molecule has 1 heterocycles. The molecule has 98 valence electrons. The maximum atomic E-state index is 12.1. The van der Waals surface area contributed by atoms with Crippen LogP contribution in [0.2, 0.25) is 0 Å². The Morgan fingerprint density at radius 2 is 1.95 bits per heavy atom. The van der Waals surface area contributed by atoms with E-state index in [1.165, 1.54) is 0 Å². The van der Waals surface area contributed by atoms with Crippen molar-refractivity contribution < 1.29 is 4.79 Å². The van der Waals surface area contributed by atoms with E-state index in [0.29, 0.717) is 5.56 Å². The van der Waals surface area contributed by atoms with Crippen LogP contribution in [0.25, 0.3) is 0 Å². The number of nitrogens with zero attached hydrogens (tertiary/aromatic N) is 1. The van der Waals surface area contributed by atoms with E-state index in [9.17, 15) is 4.79 Å². The van der Waals surface area contributed by atoms with Crippen LogP contribution in [0.5, 0.6) is 0 Å². The van der Waals surface area contributed by atoms with Crippen LogP contribution in [0, 0.1) is 6.92 Å². The molecule has 1 amide bonds. The van der Waals surface area contributed by atoms with Crippen molar-refractivity contribution in [3.63, 3.8) is 0 Å². The van der Waals surface area contributed by atoms with Gasteiger partial charge in [-0.1, -0.05) is 22.0 Å². The Labute approximate surface area is 121 Å². The third kappa shape index (κ3) is 3.41. The summed E-state index contributed by atoms with van der Waals surface area (Å²) in [5.41, 5.74) is 2.80. The molecule has 1 unspecified atom stereocenters. The fraction of sp³-hybridized carbons (Fsp3) is 0.200. The Hall–Kier alpha value is -1.68. The molecule has 1 aromatic heterocycles. The molecule has 1 atom stereocenters. The van der Waals surface area contributed by atoms with E-state index in [1.807, 2.05) is 44.2 Å². The molecule has 0 aliphatic rings. The summed E-state index contributed by atoms with van der Waals surface area (Å²) >= 11 is 3.44. The number of carbonyl (C=O) groups is 1. The number of hydrogen-bond donors (Lipinski definition) is 1. The number of nitrogens with one attached hydrogen (secondary N) is 1. The second-order valence-corrected chi connectivity index (χ2v) is 5.29. The lowest BCUT2D eigenvalue weighted by atomic mass is 10.1. The van der Waals surface area contributed by atoms with Gasteiger partial charge in [0.25, 0.3) is 5.91 Å². The molecule has 0 saturated heterocycles. The van der Waals surface area contributed by atoms with Crippen LogP contribution in [0.4, 0.5) is 0 Å². The van der Waals surface area contributed by atoms with E-state index in [4.69, 9.17) is 0 Å². The summed E-state index contributed by atoms with van der Waals surface area (Å²) in [5.74, 6) is -0.0787. The van der Waals surface area contributed by atoms with Gasteiger partial charge in [0, 0.05) is 22.4 Å². The van der Waals surface area contributed by atoms with E-state index < -0.39 is 0 Å². The molecule has 0 saturated carbocycles. The Kier molecular flexibility index (Phi) is 4.32. The maximum absolute atomic E-state index is 12.1. The zero-order chi connectivity index (χ0) is 13.8. The van der Waals surface area contributed by atoms with Gasteiger partial charge in [0.1, 0.15) is 0 Å². The number of rotatable bonds is 3. The average Bonchev–Trinajstić information content (AvgIpc) is 2.42. The molecule has 1 N–H and O–H groups in total. The molecule has 0 aliphatic carbocycles. The molecule has 3 nitrogen and oxygen atoms in total. The number of carbonyl (C=O) groups excluding carboxylic acids is 1. The topological polar surface area (TPSA) is 42.0 Å². The van der Waals surface area contributed by atoms with Gasteiger partial charge in [0.05, 0.1) is 6.04 Å². The van der Waals surface area contributed by atoms with Crippen molar-refractivity contribution in [3.8, 4) is 0 Å². The van der Waals surface area contributed by atoms with Gasteiger partial charge in [0.2, 0.25) is 0 Å². The molecule has 0 fully saturated rings. The minimum Gasteiger partial charge on any atom is -0.346 e. The van der Waals surface area contributed by atoms with E-state index in [2.05, 4.69) is 26.2 Å². The monoisotopic (exact) mass is 318 g/mol. The Morgan fingerprint density at radius 3 is 2.58 bits per heavy atom. The van der Waals surface area contributed by atoms with Crippen LogP contribution < -0.4 is 5.32 Å². The third-order valence-electron chi connectivity index (χ3n) is 2.99. The molecule has 0 bridgehead atoms. The van der Waals surface area contributed by atoms with Crippen LogP contribution in [-0.2, 0) is 0 Å². The van der Waals surface area contributed by atoms with Gasteiger partial charge < -0.3 is 5.32 Å². The lowest BCUT2D eigenvalue weighted by Gasteiger charge is -2.14. The number of pyridine rings is 1. The lowest BCUT2D eigenvalue weighted by molar-refractivity contribution is 0.0940. The summed E-state index contributed by atoms with van der Waals surface area (Å²) < 4.78 is 0.941. The van der Waals surface area contributed by atoms with Crippen molar-refractivity contribution in [1.29, 1.82) is 0 Å². The Balaban J connectivity index is 2.11. The highest BCUT2D eigenvalue weighted by Gasteiger charge is 2.11. The molecule has 2 rings (SSSR count). The standard InChI is InChI=1S/C15H15BrN2O/c1-10-3-4-13(9-14(10)16)15(19)18-11(2)12-5-7-17-8-6-12/h3-9,11H,1-2H3,(H,18,19). The molecule has 19 heavy (non-hydrogen) atoms. The maximum Gasteiger partial charge on any atom is 0.251 e. The molecular weight excluding hydrogens is 304 g/mol. The first-order valence-corrected chi connectivity index (χ1v) is 6.84. The van der Waals surface area contributed by atoms with Gasteiger partial charge in [-0.3, -0.25) is 9.78 Å². The smallest absolute Gasteiger partial charge is 0.251 e. The predicted octanol–water partition coefficient (Wildman–Crippen LogP) is 3.64. The zero-order valence-corrected chi connectivity index (χ0v) is 12.4. The normalized spacial score (nSPS) is 11.9. The van der Waals surface area contributed by atoms with Crippen LogP contribution in [-0.4, -0.2) is 10.9 Å². The number of aryl methyl sites for hydroxylation is 1. The summed E-state index contributed by atoms with van der Waals surface area (Å²) in [7, 11) is 0. The SMILES string of the molecule is Cc1ccc(C(=O)NC(C)c2ccncc2)cc1Br. The molecule has 0 radical (unpaired) electrons. The van der Waals surface area contributed by atoms with Crippen molar-refractivity contribution in [3.05, 3.63) is 63.9 Å². The van der Waals surface area contributed by atoms with Gasteiger partial charge in [0.15, 0.2) is 0 Å². The Morgan fingerprint density at radius 1 is 1.26 bits per heavy atom. The fourth-order valence-corrected chi connectivity index (χ4v) is 2.13. The van der Waals surface area contributed by atoms with Crippen molar-refractivity contribution >= 4 is 21.8 Å². The number of benzene rings is 1. The van der Waals surface area contributed by atoms with Crippen molar-refractivity contribution in [2.75, 3.05) is 0 Å². The zero-order valence-electron chi connectivity index (χ0n) is 10.9. The first kappa shape index (κ1) is 13.7. The number of aromatic nitrogens is 1. The summed E-state index contributed by atoms with van der Waals surface area (Å²) in [6.07, 6.45) is 3.45. The quantitative estimate of drug-likeness (QED) is 0.938. The van der Waals surface area contributed by atoms with E-state index >= 15 is 0 Å². The number of amides is 1. The minimum absolute atomic E-state index is 0.0458. The fourth-order valence-electron chi connectivity index (χ4n) is 1.75. The average molecular weight is 319 g/mol. The lowest BCUT2D eigenvalue weighted by Crippen LogP contribution is -2.26. The van der Waals surface area contributed by atoms with Gasteiger partial charge >= 0.3 is 0 Å². The van der Waals surface area contributed by atoms with Crippen molar-refractivity contribution in [2.45, 2.75) is 19.9 Å². The molecule has 4 heteroatoms. The number of hydrogen-bond acceptors (Lipinski definition) is 2. The van der Waals surface area contributed by atoms with Crippen LogP contribution in [0.1, 0.15) is 34.5 Å². The van der Waals surface area contributed by atoms with Crippen LogP contribution in [0.15, 0.2) is 47.2 Å². The molecular formula is C15H15BrN2O. The number of halogens is 1. The molecule has 0 spiro atoms. The van der Waals surface area contributed by atoms with Gasteiger partial charge in [-0.25, -0.2) is 0 Å². The molecule has 0 aliphatic heterocycles. The van der Waals surface area contributed by atoms with Crippen LogP contribution >= 0.6 is 15.9 Å². The first-order valence-electron chi connectivity index (χ1n) is 6.05. The van der Waals surface area contributed by atoms with E-state index in [1.54, 1.807) is 12.4 Å². The third-order valence-corrected chi connectivity index (χ3v) is 3.84. The predicted molar refractivity (Wildman–Crippen MR) is 79.0 cm³/mol. The van der Waals surface area contributed by atoms with Gasteiger partial charge in [-0.15, -0.1) is 0 Å². The minimum atomic E-state index is -0.0787. The van der Waals surface area contributed by atoms with E-state index in [0.717, 1.165) is 15.6 Å². The molecule has 1 aromatic carbocycles. The van der Waals surface area contributed by atoms with E-state index in [-0.39, 0.29) is 11.9 Å². The summed E-state index contributed by atoms with van der Waals surface area (Å²) in [6, 6.07) is 9.34. The van der Waals surface area contributed by atoms with Crippen LogP contribution in [0.3, 0.4) is 0 Å². The largest absolute Gasteiger partial charge is 0.346 e. The van der Waals surface area contributed by atoms with Crippen molar-refractivity contribution in [2.24, 2.45) is 0 Å². The first-order chi connectivity index (χ1) is 9.08. The Bertz CT molecular complexity index is 584. The second kappa shape index (κ2) is 5.97.